The van der Waals surface area contributed by atoms with Crippen LogP contribution in [0.1, 0.15) is 31.4 Å². The first-order chi connectivity index (χ1) is 13.7. The van der Waals surface area contributed by atoms with Gasteiger partial charge in [0.05, 0.1) is 12.6 Å². The first-order valence-electron chi connectivity index (χ1n) is 9.79. The van der Waals surface area contributed by atoms with E-state index in [0.29, 0.717) is 5.96 Å². The molecule has 0 radical (unpaired) electrons. The molecule has 1 aliphatic rings. The van der Waals surface area contributed by atoms with Crippen molar-refractivity contribution in [2.75, 3.05) is 31.1 Å². The second-order valence-corrected chi connectivity index (χ2v) is 6.93. The van der Waals surface area contributed by atoms with Crippen LogP contribution in [0.2, 0.25) is 0 Å². The molecule has 6 nitrogen and oxygen atoms in total. The maximum absolute atomic E-state index is 13.5. The summed E-state index contributed by atoms with van der Waals surface area (Å²) >= 11 is 0. The largest absolute Gasteiger partial charge is 0.386 e. The minimum absolute atomic E-state index is 0.202. The van der Waals surface area contributed by atoms with Gasteiger partial charge >= 0.3 is 0 Å². The van der Waals surface area contributed by atoms with Gasteiger partial charge in [0.2, 0.25) is 0 Å². The summed E-state index contributed by atoms with van der Waals surface area (Å²) in [5, 5.41) is 17.0. The van der Waals surface area contributed by atoms with Crippen LogP contribution in [0.15, 0.2) is 53.8 Å². The average Bonchev–Trinajstić information content (AvgIpc) is 2.73. The number of piperidine rings is 1. The Bertz CT molecular complexity index is 770. The van der Waals surface area contributed by atoms with Crippen LogP contribution in [0, 0.1) is 5.82 Å². The number of benzene rings is 1. The lowest BCUT2D eigenvalue weighted by molar-refractivity contribution is 0.187. The average molecular weight is 385 g/mol. The zero-order valence-electron chi connectivity index (χ0n) is 16.2. The topological polar surface area (TPSA) is 72.8 Å². The maximum atomic E-state index is 13.5. The zero-order chi connectivity index (χ0) is 19.8. The molecule has 3 N–H and O–H groups in total. The molecule has 2 unspecified atom stereocenters. The number of anilines is 1. The van der Waals surface area contributed by atoms with Crippen molar-refractivity contribution in [2.45, 2.75) is 31.9 Å². The number of hydrogen-bond donors (Lipinski definition) is 3. The minimum Gasteiger partial charge on any atom is -0.386 e. The van der Waals surface area contributed by atoms with Gasteiger partial charge in [0.1, 0.15) is 5.82 Å². The van der Waals surface area contributed by atoms with E-state index in [1.807, 2.05) is 13.0 Å². The van der Waals surface area contributed by atoms with Crippen LogP contribution < -0.4 is 15.5 Å². The van der Waals surface area contributed by atoms with Crippen LogP contribution in [0.5, 0.6) is 0 Å². The van der Waals surface area contributed by atoms with Crippen LogP contribution in [0.25, 0.3) is 0 Å². The highest BCUT2D eigenvalue weighted by atomic mass is 19.1. The van der Waals surface area contributed by atoms with E-state index in [1.54, 1.807) is 36.7 Å². The molecule has 0 aliphatic carbocycles. The van der Waals surface area contributed by atoms with Gasteiger partial charge in [-0.25, -0.2) is 4.39 Å². The second kappa shape index (κ2) is 10.0. The normalized spacial score (nSPS) is 18.6. The van der Waals surface area contributed by atoms with Crippen molar-refractivity contribution in [1.29, 1.82) is 0 Å². The monoisotopic (exact) mass is 385 g/mol. The molecule has 1 fully saturated rings. The Kier molecular flexibility index (Phi) is 7.19. The van der Waals surface area contributed by atoms with Gasteiger partial charge in [0.15, 0.2) is 5.96 Å². The third kappa shape index (κ3) is 5.66. The Morgan fingerprint density at radius 3 is 2.93 bits per heavy atom. The van der Waals surface area contributed by atoms with Crippen LogP contribution in [-0.2, 0) is 0 Å². The molecule has 0 amide bonds. The smallest absolute Gasteiger partial charge is 0.191 e. The van der Waals surface area contributed by atoms with Gasteiger partial charge in [-0.05, 0) is 55.7 Å². The number of halogens is 1. The molecule has 3 rings (SSSR count). The molecule has 1 aromatic heterocycles. The Morgan fingerprint density at radius 2 is 2.18 bits per heavy atom. The van der Waals surface area contributed by atoms with E-state index >= 15 is 0 Å². The number of nitrogens with one attached hydrogen (secondary N) is 2. The lowest BCUT2D eigenvalue weighted by Gasteiger charge is -2.35. The number of rotatable bonds is 6. The summed E-state index contributed by atoms with van der Waals surface area (Å²) in [6.07, 6.45) is 4.69. The van der Waals surface area contributed by atoms with Gasteiger partial charge in [-0.15, -0.1) is 0 Å². The molecule has 0 bridgehead atoms. The quantitative estimate of drug-likeness (QED) is 0.526. The summed E-state index contributed by atoms with van der Waals surface area (Å²) in [6, 6.07) is 10.5. The van der Waals surface area contributed by atoms with Crippen molar-refractivity contribution in [2.24, 2.45) is 4.99 Å². The molecule has 1 aromatic carbocycles. The number of aliphatic hydroxyl groups excluding tert-OH is 1. The molecule has 1 aliphatic heterocycles. The lowest BCUT2D eigenvalue weighted by Crippen LogP contribution is -2.51. The molecule has 0 spiro atoms. The molecule has 2 heterocycles. The van der Waals surface area contributed by atoms with Crippen molar-refractivity contribution in [3.8, 4) is 0 Å². The molecule has 150 valence electrons. The maximum Gasteiger partial charge on any atom is 0.191 e. The van der Waals surface area contributed by atoms with Crippen molar-refractivity contribution < 1.29 is 9.50 Å². The van der Waals surface area contributed by atoms with Crippen molar-refractivity contribution in [1.82, 2.24) is 15.6 Å². The van der Waals surface area contributed by atoms with Gasteiger partial charge in [0, 0.05) is 43.8 Å². The highest BCUT2D eigenvalue weighted by Crippen LogP contribution is 2.20. The molecule has 1 saturated heterocycles. The molecule has 2 aromatic rings. The van der Waals surface area contributed by atoms with Crippen molar-refractivity contribution in [3.63, 3.8) is 0 Å². The van der Waals surface area contributed by atoms with E-state index in [-0.39, 0.29) is 18.4 Å². The van der Waals surface area contributed by atoms with Crippen LogP contribution in [0.4, 0.5) is 10.1 Å². The van der Waals surface area contributed by atoms with E-state index < -0.39 is 6.10 Å². The summed E-state index contributed by atoms with van der Waals surface area (Å²) in [5.41, 5.74) is 1.70. The van der Waals surface area contributed by atoms with Crippen LogP contribution in [0.3, 0.4) is 0 Å². The second-order valence-electron chi connectivity index (χ2n) is 6.93. The highest BCUT2D eigenvalue weighted by molar-refractivity contribution is 5.80. The molecule has 2 atom stereocenters. The number of hydrogen-bond acceptors (Lipinski definition) is 4. The standard InChI is InChI=1S/C21H28FN5O/c1-2-24-21(25-14-20(28)16-8-10-23-11-9-16)26-18-6-4-12-27(15-18)19-7-3-5-17(22)13-19/h3,5,7-11,13,18,20,28H,2,4,6,12,14-15H2,1H3,(H2,24,25,26). The van der Waals surface area contributed by atoms with Crippen LogP contribution in [-0.4, -0.2) is 48.3 Å². The summed E-state index contributed by atoms with van der Waals surface area (Å²) in [5.74, 6) is 0.467. The summed E-state index contributed by atoms with van der Waals surface area (Å²) in [7, 11) is 0. The van der Waals surface area contributed by atoms with E-state index in [1.165, 1.54) is 6.07 Å². The SMILES string of the molecule is CCNC(=NCC(O)c1ccncc1)NC1CCCN(c2cccc(F)c2)C1. The third-order valence-electron chi connectivity index (χ3n) is 4.79. The third-order valence-corrected chi connectivity index (χ3v) is 4.79. The predicted octanol–water partition coefficient (Wildman–Crippen LogP) is 2.48. The van der Waals surface area contributed by atoms with Gasteiger partial charge in [-0.2, -0.15) is 0 Å². The van der Waals surface area contributed by atoms with E-state index in [2.05, 4.69) is 25.5 Å². The summed E-state index contributed by atoms with van der Waals surface area (Å²) in [4.78, 5) is 10.7. The van der Waals surface area contributed by atoms with Gasteiger partial charge in [-0.1, -0.05) is 6.07 Å². The van der Waals surface area contributed by atoms with Crippen LogP contribution >= 0.6 is 0 Å². The minimum atomic E-state index is -0.673. The van der Waals surface area contributed by atoms with Gasteiger partial charge in [-0.3, -0.25) is 9.98 Å². The molecular weight excluding hydrogens is 357 g/mol. The lowest BCUT2D eigenvalue weighted by atomic mass is 10.0. The highest BCUT2D eigenvalue weighted by Gasteiger charge is 2.21. The Morgan fingerprint density at radius 1 is 1.36 bits per heavy atom. The Balaban J connectivity index is 1.61. The van der Waals surface area contributed by atoms with E-state index in [0.717, 1.165) is 43.7 Å². The number of aromatic nitrogens is 1. The Hall–Kier alpha value is -2.67. The molecule has 7 heteroatoms. The fourth-order valence-electron chi connectivity index (χ4n) is 3.38. The number of aliphatic hydroxyl groups is 1. The Labute approximate surface area is 165 Å². The summed E-state index contributed by atoms with van der Waals surface area (Å²) in [6.45, 7) is 4.70. The van der Waals surface area contributed by atoms with E-state index in [4.69, 9.17) is 0 Å². The fourth-order valence-corrected chi connectivity index (χ4v) is 3.38. The van der Waals surface area contributed by atoms with Gasteiger partial charge in [0.25, 0.3) is 0 Å². The first kappa shape index (κ1) is 20.1. The number of aliphatic imine (C=N–C) groups is 1. The number of guanidine groups is 1. The van der Waals surface area contributed by atoms with E-state index in [9.17, 15) is 9.50 Å². The van der Waals surface area contributed by atoms with Crippen molar-refractivity contribution in [3.05, 3.63) is 60.2 Å². The fraction of sp³-hybridized carbons (Fsp3) is 0.429. The molecular formula is C21H28FN5O. The summed E-state index contributed by atoms with van der Waals surface area (Å²) < 4.78 is 13.5. The number of pyridine rings is 1. The van der Waals surface area contributed by atoms with Gasteiger partial charge < -0.3 is 20.6 Å². The zero-order valence-corrected chi connectivity index (χ0v) is 16.2. The van der Waals surface area contributed by atoms with Crippen molar-refractivity contribution >= 4 is 11.6 Å². The number of nitrogens with zero attached hydrogens (tertiary/aromatic N) is 3. The first-order valence-corrected chi connectivity index (χ1v) is 9.79. The predicted molar refractivity (Wildman–Crippen MR) is 110 cm³/mol. The molecule has 0 saturated carbocycles. The molecule has 28 heavy (non-hydrogen) atoms.